The van der Waals surface area contributed by atoms with E-state index in [1.54, 1.807) is 6.07 Å². The lowest BCUT2D eigenvalue weighted by molar-refractivity contribution is -0.384. The second-order valence-electron chi connectivity index (χ2n) is 5.02. The third kappa shape index (κ3) is 3.84. The van der Waals surface area contributed by atoms with Crippen LogP contribution in [0.2, 0.25) is 5.02 Å². The topological polar surface area (TPSA) is 64.4 Å². The van der Waals surface area contributed by atoms with Gasteiger partial charge in [-0.3, -0.25) is 10.1 Å². The summed E-state index contributed by atoms with van der Waals surface area (Å²) in [6, 6.07) is 4.91. The van der Waals surface area contributed by atoms with Crippen molar-refractivity contribution >= 4 is 17.3 Å². The molecule has 0 aliphatic heterocycles. The van der Waals surface area contributed by atoms with Gasteiger partial charge in [0, 0.05) is 18.2 Å². The Labute approximate surface area is 123 Å². The summed E-state index contributed by atoms with van der Waals surface area (Å²) < 4.78 is 5.86. The van der Waals surface area contributed by atoms with Gasteiger partial charge in [0.05, 0.1) is 16.0 Å². The minimum Gasteiger partial charge on any atom is -0.489 e. The van der Waals surface area contributed by atoms with Crippen molar-refractivity contribution in [3.63, 3.8) is 0 Å². The fourth-order valence-corrected chi connectivity index (χ4v) is 2.77. The number of nitrogens with one attached hydrogen (secondary N) is 1. The number of halogens is 1. The van der Waals surface area contributed by atoms with Crippen molar-refractivity contribution in [3.8, 4) is 5.75 Å². The molecule has 0 amide bonds. The molecular formula is C14H19ClN2O3. The van der Waals surface area contributed by atoms with Crippen LogP contribution in [0, 0.1) is 10.1 Å². The molecule has 0 unspecified atom stereocenters. The van der Waals surface area contributed by atoms with Crippen molar-refractivity contribution in [1.29, 1.82) is 0 Å². The van der Waals surface area contributed by atoms with Gasteiger partial charge in [0.15, 0.2) is 0 Å². The van der Waals surface area contributed by atoms with Gasteiger partial charge in [0.1, 0.15) is 5.75 Å². The summed E-state index contributed by atoms with van der Waals surface area (Å²) in [6.07, 6.45) is 4.27. The number of nitro benzene ring substituents is 1. The third-order valence-electron chi connectivity index (χ3n) is 3.59. The molecule has 5 nitrogen and oxygen atoms in total. The van der Waals surface area contributed by atoms with Crippen LogP contribution in [0.5, 0.6) is 5.75 Å². The van der Waals surface area contributed by atoms with Crippen molar-refractivity contribution in [2.75, 3.05) is 6.54 Å². The van der Waals surface area contributed by atoms with Gasteiger partial charge in [-0.15, -0.1) is 0 Å². The molecule has 1 aromatic rings. The highest BCUT2D eigenvalue weighted by atomic mass is 35.5. The minimum absolute atomic E-state index is 0.0156. The van der Waals surface area contributed by atoms with E-state index in [2.05, 4.69) is 12.2 Å². The quantitative estimate of drug-likeness (QED) is 0.667. The number of nitrogens with zero attached hydrogens (tertiary/aromatic N) is 1. The van der Waals surface area contributed by atoms with Crippen molar-refractivity contribution in [3.05, 3.63) is 33.3 Å². The van der Waals surface area contributed by atoms with E-state index in [0.29, 0.717) is 16.8 Å². The van der Waals surface area contributed by atoms with E-state index in [1.165, 1.54) is 12.1 Å². The average molecular weight is 299 g/mol. The zero-order chi connectivity index (χ0) is 14.5. The first-order valence-corrected chi connectivity index (χ1v) is 7.32. The smallest absolute Gasteiger partial charge is 0.271 e. The van der Waals surface area contributed by atoms with Crippen molar-refractivity contribution in [2.24, 2.45) is 0 Å². The molecule has 1 aliphatic carbocycles. The van der Waals surface area contributed by atoms with Gasteiger partial charge >= 0.3 is 0 Å². The number of hydrogen-bond acceptors (Lipinski definition) is 4. The van der Waals surface area contributed by atoms with Crippen LogP contribution < -0.4 is 10.1 Å². The fraction of sp³-hybridized carbons (Fsp3) is 0.571. The van der Waals surface area contributed by atoms with E-state index in [9.17, 15) is 10.1 Å². The van der Waals surface area contributed by atoms with Gasteiger partial charge in [0.2, 0.25) is 0 Å². The molecule has 1 saturated carbocycles. The summed E-state index contributed by atoms with van der Waals surface area (Å²) in [7, 11) is 0. The number of benzene rings is 1. The summed E-state index contributed by atoms with van der Waals surface area (Å²) in [5.41, 5.74) is -0.0156. The summed E-state index contributed by atoms with van der Waals surface area (Å²) in [5.74, 6) is 0.532. The summed E-state index contributed by atoms with van der Waals surface area (Å²) in [6.45, 7) is 3.10. The Bertz CT molecular complexity index is 473. The van der Waals surface area contributed by atoms with E-state index < -0.39 is 4.92 Å². The van der Waals surface area contributed by atoms with E-state index >= 15 is 0 Å². The van der Waals surface area contributed by atoms with Crippen LogP contribution in [0.3, 0.4) is 0 Å². The van der Waals surface area contributed by atoms with E-state index in [1.807, 2.05) is 0 Å². The lowest BCUT2D eigenvalue weighted by atomic mass is 9.93. The minimum atomic E-state index is -0.461. The molecule has 110 valence electrons. The molecule has 20 heavy (non-hydrogen) atoms. The Morgan fingerprint density at radius 3 is 2.65 bits per heavy atom. The maximum Gasteiger partial charge on any atom is 0.271 e. The number of non-ortho nitro benzene ring substituents is 1. The number of hydrogen-bond donors (Lipinski definition) is 1. The largest absolute Gasteiger partial charge is 0.489 e. The molecule has 0 aromatic heterocycles. The summed E-state index contributed by atoms with van der Waals surface area (Å²) in [5, 5.41) is 14.4. The second kappa shape index (κ2) is 6.90. The maximum absolute atomic E-state index is 10.7. The van der Waals surface area contributed by atoms with Gasteiger partial charge in [-0.1, -0.05) is 18.5 Å². The predicted octanol–water partition coefficient (Wildman–Crippen LogP) is 3.55. The Kier molecular flexibility index (Phi) is 5.20. The van der Waals surface area contributed by atoms with Crippen LogP contribution in [0.25, 0.3) is 0 Å². The lowest BCUT2D eigenvalue weighted by Crippen LogP contribution is -2.36. The van der Waals surface area contributed by atoms with Crippen LogP contribution >= 0.6 is 11.6 Å². The zero-order valence-corrected chi connectivity index (χ0v) is 12.2. The van der Waals surface area contributed by atoms with Crippen molar-refractivity contribution in [2.45, 2.75) is 44.8 Å². The lowest BCUT2D eigenvalue weighted by Gasteiger charge is -2.29. The van der Waals surface area contributed by atoms with E-state index in [0.717, 1.165) is 32.2 Å². The zero-order valence-electron chi connectivity index (χ0n) is 11.5. The number of nitro groups is 1. The SMILES string of the molecule is CCNC1CCC(Oc2ccc([N+](=O)[O-])cc2Cl)CC1. The van der Waals surface area contributed by atoms with Gasteiger partial charge in [-0.25, -0.2) is 0 Å². The molecule has 1 N–H and O–H groups in total. The van der Waals surface area contributed by atoms with Crippen LogP contribution in [-0.4, -0.2) is 23.6 Å². The molecule has 0 atom stereocenters. The Morgan fingerprint density at radius 1 is 1.40 bits per heavy atom. The van der Waals surface area contributed by atoms with Gasteiger partial charge in [-0.05, 0) is 38.3 Å². The van der Waals surface area contributed by atoms with Gasteiger partial charge in [0.25, 0.3) is 5.69 Å². The first-order valence-electron chi connectivity index (χ1n) is 6.94. The fourth-order valence-electron chi connectivity index (χ4n) is 2.55. The number of ether oxygens (including phenoxy) is 1. The van der Waals surface area contributed by atoms with Crippen LogP contribution in [-0.2, 0) is 0 Å². The van der Waals surface area contributed by atoms with Crippen molar-refractivity contribution in [1.82, 2.24) is 5.32 Å². The molecular weight excluding hydrogens is 280 g/mol. The predicted molar refractivity (Wildman–Crippen MR) is 78.5 cm³/mol. The molecule has 1 aliphatic rings. The molecule has 2 rings (SSSR count). The maximum atomic E-state index is 10.7. The standard InChI is InChI=1S/C14H19ClN2O3/c1-2-16-10-3-6-12(7-4-10)20-14-8-5-11(17(18)19)9-13(14)15/h5,8-10,12,16H,2-4,6-7H2,1H3. The molecule has 1 aromatic carbocycles. The highest BCUT2D eigenvalue weighted by Crippen LogP contribution is 2.32. The Morgan fingerprint density at radius 2 is 2.10 bits per heavy atom. The molecule has 0 bridgehead atoms. The molecule has 1 fully saturated rings. The second-order valence-corrected chi connectivity index (χ2v) is 5.43. The van der Waals surface area contributed by atoms with Gasteiger partial charge < -0.3 is 10.1 Å². The molecule has 0 saturated heterocycles. The Hall–Kier alpha value is -1.33. The molecule has 6 heteroatoms. The van der Waals surface area contributed by atoms with Crippen molar-refractivity contribution < 1.29 is 9.66 Å². The summed E-state index contributed by atoms with van der Waals surface area (Å²) in [4.78, 5) is 10.2. The monoisotopic (exact) mass is 298 g/mol. The average Bonchev–Trinajstić information content (AvgIpc) is 2.43. The molecule has 0 radical (unpaired) electrons. The summed E-state index contributed by atoms with van der Waals surface area (Å²) >= 11 is 6.03. The van der Waals surface area contributed by atoms with E-state index in [-0.39, 0.29) is 11.8 Å². The van der Waals surface area contributed by atoms with Crippen LogP contribution in [0.15, 0.2) is 18.2 Å². The third-order valence-corrected chi connectivity index (χ3v) is 3.88. The Balaban J connectivity index is 1.93. The van der Waals surface area contributed by atoms with Crippen LogP contribution in [0.4, 0.5) is 5.69 Å². The molecule has 0 heterocycles. The van der Waals surface area contributed by atoms with Gasteiger partial charge in [-0.2, -0.15) is 0 Å². The number of rotatable bonds is 5. The van der Waals surface area contributed by atoms with Crippen LogP contribution in [0.1, 0.15) is 32.6 Å². The highest BCUT2D eigenvalue weighted by molar-refractivity contribution is 6.32. The van der Waals surface area contributed by atoms with E-state index in [4.69, 9.17) is 16.3 Å². The normalized spacial score (nSPS) is 22.5. The first kappa shape index (κ1) is 15.1. The highest BCUT2D eigenvalue weighted by Gasteiger charge is 2.22. The first-order chi connectivity index (χ1) is 9.60. The molecule has 0 spiro atoms.